The first-order valence-corrected chi connectivity index (χ1v) is 10.3. The summed E-state index contributed by atoms with van der Waals surface area (Å²) in [6.45, 7) is 3.34. The number of rotatable bonds is 5. The molecule has 3 N–H and O–H groups in total. The van der Waals surface area contributed by atoms with E-state index in [0.717, 1.165) is 42.6 Å². The molecule has 3 aliphatic heterocycles. The van der Waals surface area contributed by atoms with E-state index in [-0.39, 0.29) is 24.1 Å². The van der Waals surface area contributed by atoms with E-state index in [0.29, 0.717) is 24.6 Å². The van der Waals surface area contributed by atoms with Gasteiger partial charge in [0.15, 0.2) is 0 Å². The molecular weight excluding hydrogens is 356 g/mol. The zero-order valence-electron chi connectivity index (χ0n) is 15.9. The predicted octanol–water partition coefficient (Wildman–Crippen LogP) is 0.535. The van der Waals surface area contributed by atoms with Crippen LogP contribution in [0.1, 0.15) is 47.2 Å². The first-order valence-electron chi connectivity index (χ1n) is 10.3. The number of fused-ring (bicyclic) bond motifs is 2. The summed E-state index contributed by atoms with van der Waals surface area (Å²) in [5.41, 5.74) is 2.79. The third-order valence-electron chi connectivity index (χ3n) is 6.92. The van der Waals surface area contributed by atoms with E-state index in [4.69, 9.17) is 0 Å². The van der Waals surface area contributed by atoms with Crippen molar-refractivity contribution in [2.24, 2.45) is 11.8 Å². The van der Waals surface area contributed by atoms with Gasteiger partial charge in [0.2, 0.25) is 11.8 Å². The van der Waals surface area contributed by atoms with Crippen molar-refractivity contribution in [1.82, 2.24) is 20.9 Å². The van der Waals surface area contributed by atoms with Crippen molar-refractivity contribution in [3.05, 3.63) is 34.9 Å². The minimum Gasteiger partial charge on any atom is -0.322 e. The van der Waals surface area contributed by atoms with Gasteiger partial charge in [-0.3, -0.25) is 19.7 Å². The molecule has 0 spiro atoms. The van der Waals surface area contributed by atoms with E-state index >= 15 is 0 Å². The minimum absolute atomic E-state index is 0.116. The van der Waals surface area contributed by atoms with E-state index in [1.165, 1.54) is 12.8 Å². The molecule has 7 nitrogen and oxygen atoms in total. The Morgan fingerprint density at radius 3 is 2.79 bits per heavy atom. The number of piperidine rings is 1. The van der Waals surface area contributed by atoms with Crippen LogP contribution in [0.2, 0.25) is 0 Å². The first kappa shape index (κ1) is 17.8. The predicted molar refractivity (Wildman–Crippen MR) is 102 cm³/mol. The molecule has 3 heterocycles. The normalized spacial score (nSPS) is 31.4. The van der Waals surface area contributed by atoms with E-state index in [2.05, 4.69) is 22.0 Å². The van der Waals surface area contributed by atoms with Gasteiger partial charge in [0.05, 0.1) is 0 Å². The molecule has 0 aromatic heterocycles. The average molecular weight is 382 g/mol. The standard InChI is InChI=1S/C21H26N4O3/c26-19-6-5-18(20(27)24-19)25-11-14-7-12(1-3-16(14)21(25)28)8-22-10-17-15-4-2-13(15)9-23-17/h1,3,7,13,15,17-18,22-23H,2,4-6,8-11H2,(H,24,26,27). The molecule has 3 amide bonds. The molecule has 3 fully saturated rings. The zero-order chi connectivity index (χ0) is 19.3. The highest BCUT2D eigenvalue weighted by molar-refractivity contribution is 6.05. The number of carbonyl (C=O) groups is 3. The SMILES string of the molecule is O=C1CCC(N2Cc3cc(CNCC4NCC5CCC54)ccc3C2=O)C(=O)N1. The van der Waals surface area contributed by atoms with Crippen LogP contribution in [-0.4, -0.2) is 47.8 Å². The number of amides is 3. The van der Waals surface area contributed by atoms with E-state index in [1.807, 2.05) is 12.1 Å². The molecule has 4 unspecified atom stereocenters. The molecule has 1 aromatic rings. The fourth-order valence-electron chi connectivity index (χ4n) is 5.17. The quantitative estimate of drug-likeness (QED) is 0.647. The summed E-state index contributed by atoms with van der Waals surface area (Å²) in [4.78, 5) is 37.8. The van der Waals surface area contributed by atoms with Gasteiger partial charge < -0.3 is 15.5 Å². The fraction of sp³-hybridized carbons (Fsp3) is 0.571. The Hall–Kier alpha value is -2.25. The third-order valence-corrected chi connectivity index (χ3v) is 6.92. The van der Waals surface area contributed by atoms with Gasteiger partial charge in [0.25, 0.3) is 5.91 Å². The summed E-state index contributed by atoms with van der Waals surface area (Å²) in [5, 5.41) is 9.52. The van der Waals surface area contributed by atoms with Crippen molar-refractivity contribution in [2.45, 2.75) is 50.9 Å². The number of benzene rings is 1. The Kier molecular flexibility index (Phi) is 4.44. The van der Waals surface area contributed by atoms with E-state index in [1.54, 1.807) is 4.90 Å². The monoisotopic (exact) mass is 382 g/mol. The second-order valence-corrected chi connectivity index (χ2v) is 8.54. The summed E-state index contributed by atoms with van der Waals surface area (Å²) in [7, 11) is 0. The topological polar surface area (TPSA) is 90.5 Å². The number of carbonyl (C=O) groups excluding carboxylic acids is 3. The molecule has 1 aliphatic carbocycles. The van der Waals surface area contributed by atoms with Crippen LogP contribution in [0.15, 0.2) is 18.2 Å². The Morgan fingerprint density at radius 1 is 1.14 bits per heavy atom. The number of nitrogens with one attached hydrogen (secondary N) is 3. The summed E-state index contributed by atoms with van der Waals surface area (Å²) in [6.07, 6.45) is 3.40. The highest BCUT2D eigenvalue weighted by Crippen LogP contribution is 2.40. The summed E-state index contributed by atoms with van der Waals surface area (Å²) in [5.74, 6) is 0.986. The lowest BCUT2D eigenvalue weighted by atomic mass is 9.73. The van der Waals surface area contributed by atoms with E-state index < -0.39 is 6.04 Å². The van der Waals surface area contributed by atoms with Gasteiger partial charge in [-0.1, -0.05) is 12.1 Å². The molecule has 0 radical (unpaired) electrons. The molecule has 4 aliphatic rings. The van der Waals surface area contributed by atoms with Crippen molar-refractivity contribution in [3.8, 4) is 0 Å². The van der Waals surface area contributed by atoms with Gasteiger partial charge in [0, 0.05) is 37.7 Å². The largest absolute Gasteiger partial charge is 0.322 e. The molecule has 28 heavy (non-hydrogen) atoms. The maximum absolute atomic E-state index is 12.7. The molecule has 5 rings (SSSR count). The number of nitrogens with zero attached hydrogens (tertiary/aromatic N) is 1. The van der Waals surface area contributed by atoms with Crippen LogP contribution < -0.4 is 16.0 Å². The molecule has 7 heteroatoms. The Labute approximate surface area is 164 Å². The number of hydrogen-bond acceptors (Lipinski definition) is 5. The maximum atomic E-state index is 12.7. The highest BCUT2D eigenvalue weighted by atomic mass is 16.2. The van der Waals surface area contributed by atoms with Crippen LogP contribution in [0.4, 0.5) is 0 Å². The lowest BCUT2D eigenvalue weighted by Gasteiger charge is -2.33. The van der Waals surface area contributed by atoms with Crippen LogP contribution in [0.5, 0.6) is 0 Å². The lowest BCUT2D eigenvalue weighted by molar-refractivity contribution is -0.136. The van der Waals surface area contributed by atoms with Crippen LogP contribution >= 0.6 is 0 Å². The van der Waals surface area contributed by atoms with Crippen molar-refractivity contribution in [1.29, 1.82) is 0 Å². The molecule has 1 saturated carbocycles. The Morgan fingerprint density at radius 2 is 2.04 bits per heavy atom. The summed E-state index contributed by atoms with van der Waals surface area (Å²) < 4.78 is 0. The average Bonchev–Trinajstić information content (AvgIpc) is 3.11. The van der Waals surface area contributed by atoms with Crippen LogP contribution in [0, 0.1) is 11.8 Å². The summed E-state index contributed by atoms with van der Waals surface area (Å²) in [6, 6.07) is 5.96. The fourth-order valence-corrected chi connectivity index (χ4v) is 5.17. The van der Waals surface area contributed by atoms with Gasteiger partial charge in [-0.25, -0.2) is 0 Å². The molecule has 2 saturated heterocycles. The van der Waals surface area contributed by atoms with Crippen LogP contribution in [-0.2, 0) is 22.7 Å². The van der Waals surface area contributed by atoms with Crippen LogP contribution in [0.3, 0.4) is 0 Å². The van der Waals surface area contributed by atoms with Gasteiger partial charge in [-0.2, -0.15) is 0 Å². The zero-order valence-corrected chi connectivity index (χ0v) is 15.9. The van der Waals surface area contributed by atoms with Gasteiger partial charge in [-0.15, -0.1) is 0 Å². The molecule has 4 atom stereocenters. The Balaban J connectivity index is 1.20. The van der Waals surface area contributed by atoms with E-state index in [9.17, 15) is 14.4 Å². The molecule has 1 aromatic carbocycles. The van der Waals surface area contributed by atoms with Crippen molar-refractivity contribution in [2.75, 3.05) is 13.1 Å². The first-order chi connectivity index (χ1) is 13.6. The van der Waals surface area contributed by atoms with Gasteiger partial charge in [0.1, 0.15) is 6.04 Å². The van der Waals surface area contributed by atoms with Crippen molar-refractivity contribution < 1.29 is 14.4 Å². The van der Waals surface area contributed by atoms with Crippen LogP contribution in [0.25, 0.3) is 0 Å². The number of imide groups is 1. The third kappa shape index (κ3) is 3.02. The van der Waals surface area contributed by atoms with Gasteiger partial charge >= 0.3 is 0 Å². The number of hydrogen-bond donors (Lipinski definition) is 3. The minimum atomic E-state index is -0.553. The van der Waals surface area contributed by atoms with Crippen molar-refractivity contribution >= 4 is 17.7 Å². The Bertz CT molecular complexity index is 839. The molecular formula is C21H26N4O3. The van der Waals surface area contributed by atoms with Crippen molar-refractivity contribution in [3.63, 3.8) is 0 Å². The lowest BCUT2D eigenvalue weighted by Crippen LogP contribution is -2.52. The second kappa shape index (κ2) is 6.97. The molecule has 0 bridgehead atoms. The van der Waals surface area contributed by atoms with Gasteiger partial charge in [-0.05, 0) is 54.8 Å². The smallest absolute Gasteiger partial charge is 0.255 e. The summed E-state index contributed by atoms with van der Waals surface area (Å²) >= 11 is 0. The molecule has 148 valence electrons. The highest BCUT2D eigenvalue weighted by Gasteiger charge is 2.41. The maximum Gasteiger partial charge on any atom is 0.255 e. The second-order valence-electron chi connectivity index (χ2n) is 8.54.